The first kappa shape index (κ1) is 10.5. The average Bonchev–Trinajstić information content (AvgIpc) is 2.26. The number of hydrogen-bond acceptors (Lipinski definition) is 2. The van der Waals surface area contributed by atoms with Crippen molar-refractivity contribution in [1.29, 1.82) is 0 Å². The molecule has 4 heteroatoms. The molecule has 1 heterocycles. The Morgan fingerprint density at radius 1 is 1.50 bits per heavy atom. The van der Waals surface area contributed by atoms with Gasteiger partial charge in [0.1, 0.15) is 0 Å². The van der Waals surface area contributed by atoms with Gasteiger partial charge in [0.05, 0.1) is 0 Å². The highest BCUT2D eigenvalue weighted by atomic mass is 16.2. The lowest BCUT2D eigenvalue weighted by Crippen LogP contribution is -2.37. The highest BCUT2D eigenvalue weighted by Crippen LogP contribution is 2.09. The summed E-state index contributed by atoms with van der Waals surface area (Å²) in [5.41, 5.74) is 0.841. The molecule has 1 aromatic rings. The van der Waals surface area contributed by atoms with E-state index in [-0.39, 0.29) is 6.03 Å². The van der Waals surface area contributed by atoms with E-state index >= 15 is 0 Å². The van der Waals surface area contributed by atoms with Gasteiger partial charge in [-0.3, -0.25) is 9.88 Å². The molecule has 14 heavy (non-hydrogen) atoms. The molecule has 1 rings (SSSR count). The molecule has 76 valence electrons. The first-order valence-electron chi connectivity index (χ1n) is 4.67. The molecule has 4 nitrogen and oxygen atoms in total. The highest BCUT2D eigenvalue weighted by Gasteiger charge is 2.08. The summed E-state index contributed by atoms with van der Waals surface area (Å²) in [6, 6.07) is 3.51. The molecular formula is C10H15N3O. The zero-order chi connectivity index (χ0) is 10.4. The lowest BCUT2D eigenvalue weighted by Gasteiger charge is -2.17. The number of anilines is 1. The first-order valence-corrected chi connectivity index (χ1v) is 4.67. The molecule has 0 aliphatic heterocycles. The summed E-state index contributed by atoms with van der Waals surface area (Å²) in [6.07, 6.45) is 4.27. The second-order valence-corrected chi connectivity index (χ2v) is 3.00. The van der Waals surface area contributed by atoms with Gasteiger partial charge < -0.3 is 5.32 Å². The minimum absolute atomic E-state index is 0.0851. The number of rotatable bonds is 3. The summed E-state index contributed by atoms with van der Waals surface area (Å²) in [7, 11) is 1.74. The number of amides is 2. The summed E-state index contributed by atoms with van der Waals surface area (Å²) >= 11 is 0. The smallest absolute Gasteiger partial charge is 0.321 e. The molecule has 0 unspecified atom stereocenters. The predicted octanol–water partition coefficient (Wildman–Crippen LogP) is 1.64. The molecule has 0 radical (unpaired) electrons. The van der Waals surface area contributed by atoms with Crippen molar-refractivity contribution in [2.75, 3.05) is 18.5 Å². The summed E-state index contributed by atoms with van der Waals surface area (Å²) in [5, 5.41) is 2.80. The van der Waals surface area contributed by atoms with Gasteiger partial charge >= 0.3 is 6.03 Å². The second kappa shape index (κ2) is 5.21. The Hall–Kier alpha value is -1.58. The Morgan fingerprint density at radius 2 is 2.14 bits per heavy atom. The predicted molar refractivity (Wildman–Crippen MR) is 56.3 cm³/mol. The van der Waals surface area contributed by atoms with Crippen molar-refractivity contribution >= 4 is 11.7 Å². The van der Waals surface area contributed by atoms with Crippen molar-refractivity contribution in [3.63, 3.8) is 0 Å². The molecule has 1 aromatic heterocycles. The van der Waals surface area contributed by atoms with Gasteiger partial charge in [0.15, 0.2) is 0 Å². The van der Waals surface area contributed by atoms with Gasteiger partial charge in [-0.1, -0.05) is 6.92 Å². The third kappa shape index (κ3) is 2.73. The van der Waals surface area contributed by atoms with E-state index < -0.39 is 0 Å². The molecule has 0 spiro atoms. The van der Waals surface area contributed by atoms with Gasteiger partial charge in [-0.15, -0.1) is 0 Å². The molecular weight excluding hydrogens is 178 g/mol. The lowest BCUT2D eigenvalue weighted by atomic mass is 10.4. The van der Waals surface area contributed by atoms with E-state index in [4.69, 9.17) is 0 Å². The van der Waals surface area contributed by atoms with E-state index in [2.05, 4.69) is 10.3 Å². The third-order valence-electron chi connectivity index (χ3n) is 1.88. The summed E-state index contributed by atoms with van der Waals surface area (Å²) < 4.78 is 0. The zero-order valence-corrected chi connectivity index (χ0v) is 8.53. The lowest BCUT2D eigenvalue weighted by molar-refractivity contribution is 0.247. The molecule has 2 amide bonds. The maximum absolute atomic E-state index is 11.5. The van der Waals surface area contributed by atoms with Crippen molar-refractivity contribution in [2.24, 2.45) is 0 Å². The van der Waals surface area contributed by atoms with Gasteiger partial charge in [-0.05, 0) is 18.6 Å². The standard InChI is InChI=1S/C10H15N3O/c1-3-6-12-10(14)13(2)9-4-7-11-8-5-9/h4-5,7-8H,3,6H2,1-2H3,(H,12,14). The third-order valence-corrected chi connectivity index (χ3v) is 1.88. The van der Waals surface area contributed by atoms with Gasteiger partial charge in [0.25, 0.3) is 0 Å². The Morgan fingerprint density at radius 3 is 2.71 bits per heavy atom. The topological polar surface area (TPSA) is 45.2 Å². The van der Waals surface area contributed by atoms with E-state index in [1.807, 2.05) is 6.92 Å². The van der Waals surface area contributed by atoms with Crippen LogP contribution in [0.2, 0.25) is 0 Å². The molecule has 0 aliphatic rings. The molecule has 0 atom stereocenters. The molecule has 0 fully saturated rings. The van der Waals surface area contributed by atoms with Crippen LogP contribution in [0.5, 0.6) is 0 Å². The Balaban J connectivity index is 2.57. The van der Waals surface area contributed by atoms with Crippen LogP contribution in [0.15, 0.2) is 24.5 Å². The summed E-state index contributed by atoms with van der Waals surface area (Å²) in [4.78, 5) is 17.0. The Bertz CT molecular complexity index is 287. The minimum Gasteiger partial charge on any atom is -0.338 e. The number of pyridine rings is 1. The van der Waals surface area contributed by atoms with Crippen LogP contribution >= 0.6 is 0 Å². The van der Waals surface area contributed by atoms with Gasteiger partial charge in [-0.2, -0.15) is 0 Å². The van der Waals surface area contributed by atoms with E-state index in [0.717, 1.165) is 12.1 Å². The molecule has 0 saturated carbocycles. The quantitative estimate of drug-likeness (QED) is 0.793. The number of nitrogens with one attached hydrogen (secondary N) is 1. The fourth-order valence-corrected chi connectivity index (χ4v) is 1.04. The fourth-order valence-electron chi connectivity index (χ4n) is 1.04. The van der Waals surface area contributed by atoms with Crippen LogP contribution in [-0.4, -0.2) is 24.6 Å². The SMILES string of the molecule is CCCNC(=O)N(C)c1ccncc1. The van der Waals surface area contributed by atoms with Crippen LogP contribution < -0.4 is 10.2 Å². The van der Waals surface area contributed by atoms with Crippen LogP contribution in [0.1, 0.15) is 13.3 Å². The van der Waals surface area contributed by atoms with Crippen LogP contribution in [0, 0.1) is 0 Å². The summed E-state index contributed by atoms with van der Waals surface area (Å²) in [6.45, 7) is 2.72. The van der Waals surface area contributed by atoms with Crippen LogP contribution in [0.4, 0.5) is 10.5 Å². The van der Waals surface area contributed by atoms with Gasteiger partial charge in [-0.25, -0.2) is 4.79 Å². The number of nitrogens with zero attached hydrogens (tertiary/aromatic N) is 2. The average molecular weight is 193 g/mol. The van der Waals surface area contributed by atoms with Gasteiger partial charge in [0, 0.05) is 31.7 Å². The number of carbonyl (C=O) groups excluding carboxylic acids is 1. The zero-order valence-electron chi connectivity index (χ0n) is 8.53. The van der Waals surface area contributed by atoms with E-state index in [1.54, 1.807) is 36.5 Å². The normalized spacial score (nSPS) is 9.57. The maximum atomic E-state index is 11.5. The molecule has 0 aliphatic carbocycles. The Labute approximate surface area is 83.9 Å². The fraction of sp³-hybridized carbons (Fsp3) is 0.400. The van der Waals surface area contributed by atoms with Crippen LogP contribution in [-0.2, 0) is 0 Å². The highest BCUT2D eigenvalue weighted by molar-refractivity contribution is 5.91. The van der Waals surface area contributed by atoms with E-state index in [9.17, 15) is 4.79 Å². The van der Waals surface area contributed by atoms with Gasteiger partial charge in [0.2, 0.25) is 0 Å². The molecule has 1 N–H and O–H groups in total. The summed E-state index contributed by atoms with van der Waals surface area (Å²) in [5.74, 6) is 0. The molecule has 0 saturated heterocycles. The first-order chi connectivity index (χ1) is 6.75. The van der Waals surface area contributed by atoms with E-state index in [1.165, 1.54) is 0 Å². The largest absolute Gasteiger partial charge is 0.338 e. The number of carbonyl (C=O) groups is 1. The van der Waals surface area contributed by atoms with Crippen LogP contribution in [0.3, 0.4) is 0 Å². The van der Waals surface area contributed by atoms with Crippen molar-refractivity contribution in [3.05, 3.63) is 24.5 Å². The maximum Gasteiger partial charge on any atom is 0.321 e. The van der Waals surface area contributed by atoms with Crippen molar-refractivity contribution in [1.82, 2.24) is 10.3 Å². The van der Waals surface area contributed by atoms with Crippen molar-refractivity contribution < 1.29 is 4.79 Å². The number of aromatic nitrogens is 1. The number of urea groups is 1. The van der Waals surface area contributed by atoms with Crippen molar-refractivity contribution in [2.45, 2.75) is 13.3 Å². The second-order valence-electron chi connectivity index (χ2n) is 3.00. The minimum atomic E-state index is -0.0851. The monoisotopic (exact) mass is 193 g/mol. The number of hydrogen-bond donors (Lipinski definition) is 1. The molecule has 0 aromatic carbocycles. The van der Waals surface area contributed by atoms with Crippen molar-refractivity contribution in [3.8, 4) is 0 Å². The Kier molecular flexibility index (Phi) is 3.91. The van der Waals surface area contributed by atoms with Crippen LogP contribution in [0.25, 0.3) is 0 Å². The van der Waals surface area contributed by atoms with E-state index in [0.29, 0.717) is 6.54 Å². The molecule has 0 bridgehead atoms.